The number of methoxy groups -OCH3 is 1. The van der Waals surface area contributed by atoms with Crippen LogP contribution in [0.5, 0.6) is 5.75 Å². The van der Waals surface area contributed by atoms with Gasteiger partial charge in [0.05, 0.1) is 12.0 Å². The third kappa shape index (κ3) is 7.97. The summed E-state index contributed by atoms with van der Waals surface area (Å²) in [6, 6.07) is 15.0. The Hall–Kier alpha value is -1.85. The lowest BCUT2D eigenvalue weighted by atomic mass is 9.98. The first kappa shape index (κ1) is 27.2. The number of ether oxygens (including phenoxy) is 1. The van der Waals surface area contributed by atoms with E-state index in [9.17, 15) is 8.42 Å². The standard InChI is InChI=1S/C22H32N4O3S.HI/c1-17(19-8-10-20(29-5)11-9-19)14-15-24-22(23-2)25-16-18-6-12-21(13-7-18)30(27,28)26(3)4;/h6-13,17H,14-16H2,1-5H3,(H2,23,24,25);1H. The molecule has 9 heteroatoms. The molecule has 31 heavy (non-hydrogen) atoms. The zero-order chi connectivity index (χ0) is 22.1. The molecule has 1 atom stereocenters. The summed E-state index contributed by atoms with van der Waals surface area (Å²) in [5.41, 5.74) is 2.25. The van der Waals surface area contributed by atoms with Gasteiger partial charge in [-0.25, -0.2) is 12.7 Å². The van der Waals surface area contributed by atoms with Crippen LogP contribution in [0.2, 0.25) is 0 Å². The molecular formula is C22H33IN4O3S. The number of nitrogens with one attached hydrogen (secondary N) is 2. The monoisotopic (exact) mass is 560 g/mol. The summed E-state index contributed by atoms with van der Waals surface area (Å²) >= 11 is 0. The zero-order valence-electron chi connectivity index (χ0n) is 18.8. The summed E-state index contributed by atoms with van der Waals surface area (Å²) in [7, 11) is 3.04. The van der Waals surface area contributed by atoms with Crippen LogP contribution in [-0.4, -0.2) is 53.5 Å². The average molecular weight is 561 g/mol. The van der Waals surface area contributed by atoms with E-state index in [-0.39, 0.29) is 28.9 Å². The molecular weight excluding hydrogens is 527 g/mol. The summed E-state index contributed by atoms with van der Waals surface area (Å²) in [5.74, 6) is 1.98. The van der Waals surface area contributed by atoms with E-state index >= 15 is 0 Å². The summed E-state index contributed by atoms with van der Waals surface area (Å²) in [6.45, 7) is 3.53. The highest BCUT2D eigenvalue weighted by molar-refractivity contribution is 14.0. The Morgan fingerprint density at radius 2 is 1.68 bits per heavy atom. The van der Waals surface area contributed by atoms with Gasteiger partial charge in [-0.2, -0.15) is 0 Å². The Bertz CT molecular complexity index is 930. The number of guanidine groups is 1. The molecule has 0 amide bonds. The Kier molecular flexibility index (Phi) is 11.3. The van der Waals surface area contributed by atoms with Crippen molar-refractivity contribution < 1.29 is 13.2 Å². The SMILES string of the molecule is CN=C(NCCC(C)c1ccc(OC)cc1)NCc1ccc(S(=O)(=O)N(C)C)cc1.I. The number of benzene rings is 2. The maximum Gasteiger partial charge on any atom is 0.242 e. The Morgan fingerprint density at radius 1 is 1.06 bits per heavy atom. The minimum atomic E-state index is -3.41. The molecule has 0 aromatic heterocycles. The van der Waals surface area contributed by atoms with Crippen molar-refractivity contribution >= 4 is 40.0 Å². The lowest BCUT2D eigenvalue weighted by Crippen LogP contribution is -2.37. The van der Waals surface area contributed by atoms with Crippen LogP contribution < -0.4 is 15.4 Å². The number of halogens is 1. The van der Waals surface area contributed by atoms with Crippen molar-refractivity contribution in [2.45, 2.75) is 30.7 Å². The van der Waals surface area contributed by atoms with Gasteiger partial charge in [0.15, 0.2) is 5.96 Å². The second kappa shape index (κ2) is 12.9. The summed E-state index contributed by atoms with van der Waals surface area (Å²) in [5, 5.41) is 6.58. The topological polar surface area (TPSA) is 83.0 Å². The van der Waals surface area contributed by atoms with Crippen molar-refractivity contribution in [3.05, 3.63) is 59.7 Å². The molecule has 0 aliphatic carbocycles. The smallest absolute Gasteiger partial charge is 0.242 e. The number of hydrogen-bond acceptors (Lipinski definition) is 4. The molecule has 0 aliphatic heterocycles. The van der Waals surface area contributed by atoms with Crippen LogP contribution in [0, 0.1) is 0 Å². The average Bonchev–Trinajstić information content (AvgIpc) is 2.76. The lowest BCUT2D eigenvalue weighted by Gasteiger charge is -2.16. The highest BCUT2D eigenvalue weighted by Gasteiger charge is 2.16. The Balaban J connectivity index is 0.00000480. The molecule has 2 rings (SSSR count). The highest BCUT2D eigenvalue weighted by Crippen LogP contribution is 2.21. The van der Waals surface area contributed by atoms with Crippen molar-refractivity contribution in [1.82, 2.24) is 14.9 Å². The van der Waals surface area contributed by atoms with Crippen LogP contribution in [0.1, 0.15) is 30.4 Å². The predicted octanol–water partition coefficient (Wildman–Crippen LogP) is 3.42. The molecule has 0 saturated heterocycles. The molecule has 0 bridgehead atoms. The van der Waals surface area contributed by atoms with Gasteiger partial charge < -0.3 is 15.4 Å². The van der Waals surface area contributed by atoms with E-state index in [1.807, 2.05) is 24.3 Å². The molecule has 2 N–H and O–H groups in total. The van der Waals surface area contributed by atoms with Gasteiger partial charge >= 0.3 is 0 Å². The minimum absolute atomic E-state index is 0. The van der Waals surface area contributed by atoms with Crippen LogP contribution in [0.25, 0.3) is 0 Å². The first-order chi connectivity index (χ1) is 14.3. The van der Waals surface area contributed by atoms with Crippen LogP contribution in [0.3, 0.4) is 0 Å². The Labute approximate surface area is 203 Å². The number of hydrogen-bond donors (Lipinski definition) is 2. The maximum atomic E-state index is 12.1. The van der Waals surface area contributed by atoms with E-state index in [2.05, 4.69) is 34.7 Å². The molecule has 172 valence electrons. The fourth-order valence-corrected chi connectivity index (χ4v) is 3.80. The van der Waals surface area contributed by atoms with Crippen molar-refractivity contribution in [1.29, 1.82) is 0 Å². The van der Waals surface area contributed by atoms with Gasteiger partial charge in [0.25, 0.3) is 0 Å². The highest BCUT2D eigenvalue weighted by atomic mass is 127. The normalized spacial score (nSPS) is 12.8. The number of rotatable bonds is 9. The summed E-state index contributed by atoms with van der Waals surface area (Å²) < 4.78 is 30.7. The molecule has 0 aliphatic rings. The van der Waals surface area contributed by atoms with Crippen LogP contribution in [-0.2, 0) is 16.6 Å². The van der Waals surface area contributed by atoms with Crippen LogP contribution in [0.15, 0.2) is 58.4 Å². The maximum absolute atomic E-state index is 12.1. The van der Waals surface area contributed by atoms with Crippen molar-refractivity contribution in [2.75, 3.05) is 34.8 Å². The molecule has 2 aromatic rings. The van der Waals surface area contributed by atoms with Crippen LogP contribution >= 0.6 is 24.0 Å². The van der Waals surface area contributed by atoms with E-state index in [1.54, 1.807) is 26.3 Å². The van der Waals surface area contributed by atoms with Gasteiger partial charge in [0.1, 0.15) is 5.75 Å². The largest absolute Gasteiger partial charge is 0.497 e. The third-order valence-electron chi connectivity index (χ3n) is 4.94. The van der Waals surface area contributed by atoms with Gasteiger partial charge in [-0.1, -0.05) is 31.2 Å². The van der Waals surface area contributed by atoms with Gasteiger partial charge in [-0.15, -0.1) is 24.0 Å². The molecule has 7 nitrogen and oxygen atoms in total. The van der Waals surface area contributed by atoms with Crippen molar-refractivity contribution in [3.63, 3.8) is 0 Å². The number of nitrogens with zero attached hydrogens (tertiary/aromatic N) is 2. The molecule has 2 aromatic carbocycles. The van der Waals surface area contributed by atoms with Crippen molar-refractivity contribution in [2.24, 2.45) is 4.99 Å². The van der Waals surface area contributed by atoms with Crippen molar-refractivity contribution in [3.8, 4) is 5.75 Å². The molecule has 1 unspecified atom stereocenters. The van der Waals surface area contributed by atoms with Crippen LogP contribution in [0.4, 0.5) is 0 Å². The number of sulfonamides is 1. The van der Waals surface area contributed by atoms with E-state index < -0.39 is 10.0 Å². The summed E-state index contributed by atoms with van der Waals surface area (Å²) in [6.07, 6.45) is 0.962. The fourth-order valence-electron chi connectivity index (χ4n) is 2.90. The number of aliphatic imine (C=N–C) groups is 1. The first-order valence-electron chi connectivity index (χ1n) is 9.88. The molecule has 0 saturated carbocycles. The van der Waals surface area contributed by atoms with E-state index in [1.165, 1.54) is 24.0 Å². The van der Waals surface area contributed by atoms with Gasteiger partial charge in [-0.3, -0.25) is 4.99 Å². The van der Waals surface area contributed by atoms with E-state index in [0.717, 1.165) is 24.3 Å². The summed E-state index contributed by atoms with van der Waals surface area (Å²) in [4.78, 5) is 4.53. The van der Waals surface area contributed by atoms with E-state index in [4.69, 9.17) is 4.74 Å². The molecule has 0 heterocycles. The first-order valence-corrected chi connectivity index (χ1v) is 11.3. The molecule has 0 radical (unpaired) electrons. The van der Waals surface area contributed by atoms with Gasteiger partial charge in [0, 0.05) is 34.2 Å². The lowest BCUT2D eigenvalue weighted by molar-refractivity contribution is 0.414. The fraction of sp³-hybridized carbons (Fsp3) is 0.409. The third-order valence-corrected chi connectivity index (χ3v) is 6.77. The van der Waals surface area contributed by atoms with Gasteiger partial charge in [-0.05, 0) is 47.7 Å². The van der Waals surface area contributed by atoms with Gasteiger partial charge in [0.2, 0.25) is 10.0 Å². The van der Waals surface area contributed by atoms with E-state index in [0.29, 0.717) is 18.4 Å². The molecule has 0 fully saturated rings. The second-order valence-electron chi connectivity index (χ2n) is 7.25. The quantitative estimate of drug-likeness (QED) is 0.279. The molecule has 0 spiro atoms. The zero-order valence-corrected chi connectivity index (χ0v) is 21.9. The minimum Gasteiger partial charge on any atom is -0.497 e. The predicted molar refractivity (Wildman–Crippen MR) is 137 cm³/mol. The second-order valence-corrected chi connectivity index (χ2v) is 9.40. The Morgan fingerprint density at radius 3 is 2.19 bits per heavy atom.